The Labute approximate surface area is 205 Å². The first-order chi connectivity index (χ1) is 16.9. The Bertz CT molecular complexity index is 1030. The van der Waals surface area contributed by atoms with E-state index in [0.29, 0.717) is 57.1 Å². The third-order valence-corrected chi connectivity index (χ3v) is 6.95. The van der Waals surface area contributed by atoms with Crippen LogP contribution in [-0.2, 0) is 22.6 Å². The van der Waals surface area contributed by atoms with Gasteiger partial charge in [0.2, 0.25) is 5.75 Å². The molecule has 1 N–H and O–H groups in total. The van der Waals surface area contributed by atoms with Crippen LogP contribution < -0.4 is 9.47 Å². The highest BCUT2D eigenvalue weighted by atomic mass is 16.5. The van der Waals surface area contributed by atoms with Crippen LogP contribution in [0.3, 0.4) is 0 Å². The second-order valence-electron chi connectivity index (χ2n) is 8.96. The van der Waals surface area contributed by atoms with Gasteiger partial charge in [-0.05, 0) is 36.1 Å². The van der Waals surface area contributed by atoms with Crippen molar-refractivity contribution in [3.05, 3.63) is 53.6 Å². The van der Waals surface area contributed by atoms with Gasteiger partial charge in [-0.1, -0.05) is 30.3 Å². The number of rotatable bonds is 9. The lowest BCUT2D eigenvalue weighted by Gasteiger charge is -2.42. The van der Waals surface area contributed by atoms with Crippen LogP contribution in [0.1, 0.15) is 24.0 Å². The van der Waals surface area contributed by atoms with Crippen molar-refractivity contribution in [1.82, 2.24) is 14.7 Å². The number of likely N-dealkylation sites (tertiary alicyclic amines) is 1. The number of hydrogen-bond acceptors (Lipinski definition) is 7. The molecule has 0 radical (unpaired) electrons. The number of amides is 3. The van der Waals surface area contributed by atoms with E-state index in [1.807, 2.05) is 30.3 Å². The first-order valence-electron chi connectivity index (χ1n) is 11.8. The Morgan fingerprint density at radius 1 is 0.914 bits per heavy atom. The zero-order chi connectivity index (χ0) is 25.0. The van der Waals surface area contributed by atoms with Gasteiger partial charge in [-0.25, -0.2) is 4.79 Å². The van der Waals surface area contributed by atoms with Crippen molar-refractivity contribution >= 4 is 11.9 Å². The van der Waals surface area contributed by atoms with Crippen LogP contribution in [0.15, 0.2) is 42.5 Å². The number of benzene rings is 2. The summed E-state index contributed by atoms with van der Waals surface area (Å²) in [6, 6.07) is 13.1. The number of methoxy groups -OCH3 is 3. The van der Waals surface area contributed by atoms with Gasteiger partial charge in [-0.2, -0.15) is 0 Å². The summed E-state index contributed by atoms with van der Waals surface area (Å²) >= 11 is 0. The van der Waals surface area contributed by atoms with Crippen LogP contribution in [0.2, 0.25) is 0 Å². The van der Waals surface area contributed by atoms with Crippen molar-refractivity contribution < 1.29 is 28.9 Å². The molecule has 4 rings (SSSR count). The topological polar surface area (TPSA) is 91.8 Å². The molecule has 0 aromatic heterocycles. The van der Waals surface area contributed by atoms with Crippen LogP contribution in [0.4, 0.5) is 4.79 Å². The molecule has 0 saturated carbocycles. The third-order valence-electron chi connectivity index (χ3n) is 6.95. The lowest BCUT2D eigenvalue weighted by molar-refractivity contribution is -0.136. The molecule has 2 aromatic carbocycles. The highest BCUT2D eigenvalue weighted by molar-refractivity contribution is 6.07. The molecule has 3 amide bonds. The number of imide groups is 1. The van der Waals surface area contributed by atoms with Gasteiger partial charge in [0.15, 0.2) is 11.5 Å². The Kier molecular flexibility index (Phi) is 7.47. The highest BCUT2D eigenvalue weighted by Crippen LogP contribution is 2.40. The van der Waals surface area contributed by atoms with E-state index in [-0.39, 0.29) is 24.2 Å². The van der Waals surface area contributed by atoms with Crippen molar-refractivity contribution in [3.63, 3.8) is 0 Å². The number of phenols is 1. The van der Waals surface area contributed by atoms with Crippen LogP contribution in [0, 0.1) is 0 Å². The molecule has 2 saturated heterocycles. The first kappa shape index (κ1) is 24.8. The van der Waals surface area contributed by atoms with Crippen LogP contribution in [0.25, 0.3) is 0 Å². The molecule has 9 nitrogen and oxygen atoms in total. The number of piperidine rings is 1. The molecule has 2 aliphatic rings. The van der Waals surface area contributed by atoms with Crippen LogP contribution in [-0.4, -0.2) is 84.9 Å². The first-order valence-corrected chi connectivity index (χ1v) is 11.8. The largest absolute Gasteiger partial charge is 0.502 e. The highest BCUT2D eigenvalue weighted by Gasteiger charge is 2.57. The molecule has 9 heteroatoms. The normalized spacial score (nSPS) is 17.9. The molecule has 188 valence electrons. The van der Waals surface area contributed by atoms with E-state index >= 15 is 0 Å². The molecule has 2 aromatic rings. The van der Waals surface area contributed by atoms with E-state index in [1.54, 1.807) is 24.1 Å². The third kappa shape index (κ3) is 4.78. The van der Waals surface area contributed by atoms with E-state index in [1.165, 1.54) is 19.1 Å². The predicted molar refractivity (Wildman–Crippen MR) is 129 cm³/mol. The number of urea groups is 1. The molecule has 0 aliphatic carbocycles. The fraction of sp³-hybridized carbons (Fsp3) is 0.462. The molecule has 2 fully saturated rings. The summed E-state index contributed by atoms with van der Waals surface area (Å²) in [7, 11) is 4.57. The standard InChI is InChI=1S/C26H33N3O6/c1-33-14-13-28-24(31)26(29(25(28)32)18-19-7-5-4-6-8-19)9-11-27(12-10-26)17-20-15-21(34-2)23(30)22(16-20)35-3/h4-8,15-16,30H,9-14,17-18H2,1-3H3. The summed E-state index contributed by atoms with van der Waals surface area (Å²) in [5.74, 6) is 0.543. The number of carbonyl (C=O) groups excluding carboxylic acids is 2. The van der Waals surface area contributed by atoms with E-state index in [4.69, 9.17) is 14.2 Å². The summed E-state index contributed by atoms with van der Waals surface area (Å²) in [6.07, 6.45) is 1.08. The van der Waals surface area contributed by atoms with E-state index in [2.05, 4.69) is 4.90 Å². The van der Waals surface area contributed by atoms with E-state index in [9.17, 15) is 14.7 Å². The van der Waals surface area contributed by atoms with Gasteiger partial charge >= 0.3 is 6.03 Å². The van der Waals surface area contributed by atoms with Gasteiger partial charge in [0.25, 0.3) is 5.91 Å². The minimum Gasteiger partial charge on any atom is -0.502 e. The number of nitrogens with zero attached hydrogens (tertiary/aromatic N) is 3. The SMILES string of the molecule is COCCN1C(=O)N(Cc2ccccc2)C2(CCN(Cc3cc(OC)c(O)c(OC)c3)CC2)C1=O. The van der Waals surface area contributed by atoms with Gasteiger partial charge in [0.05, 0.1) is 27.4 Å². The predicted octanol–water partition coefficient (Wildman–Crippen LogP) is 2.85. The average Bonchev–Trinajstić information content (AvgIpc) is 3.06. The monoisotopic (exact) mass is 483 g/mol. The molecule has 2 aliphatic heterocycles. The number of carbonyl (C=O) groups is 2. The summed E-state index contributed by atoms with van der Waals surface area (Å²) in [6.45, 7) is 2.85. The zero-order valence-electron chi connectivity index (χ0n) is 20.5. The minimum absolute atomic E-state index is 0.0286. The molecule has 2 heterocycles. The maximum Gasteiger partial charge on any atom is 0.328 e. The Morgan fingerprint density at radius 2 is 1.54 bits per heavy atom. The summed E-state index contributed by atoms with van der Waals surface area (Å²) in [5, 5.41) is 10.2. The molecule has 1 spiro atoms. The number of aromatic hydroxyl groups is 1. The lowest BCUT2D eigenvalue weighted by Crippen LogP contribution is -2.56. The van der Waals surface area contributed by atoms with Gasteiger partial charge in [-0.3, -0.25) is 14.6 Å². The number of ether oxygens (including phenoxy) is 3. The fourth-order valence-corrected chi connectivity index (χ4v) is 5.01. The molecular formula is C26H33N3O6. The Hall–Kier alpha value is -3.30. The van der Waals surface area contributed by atoms with Gasteiger partial charge in [-0.15, -0.1) is 0 Å². The maximum atomic E-state index is 13.6. The van der Waals surface area contributed by atoms with Crippen molar-refractivity contribution in [1.29, 1.82) is 0 Å². The second-order valence-corrected chi connectivity index (χ2v) is 8.96. The van der Waals surface area contributed by atoms with Crippen molar-refractivity contribution in [2.24, 2.45) is 0 Å². The fourth-order valence-electron chi connectivity index (χ4n) is 5.01. The zero-order valence-corrected chi connectivity index (χ0v) is 20.5. The smallest absolute Gasteiger partial charge is 0.328 e. The van der Waals surface area contributed by atoms with Crippen molar-refractivity contribution in [3.8, 4) is 17.2 Å². The van der Waals surface area contributed by atoms with Gasteiger partial charge in [0.1, 0.15) is 5.54 Å². The van der Waals surface area contributed by atoms with Gasteiger partial charge in [0, 0.05) is 33.3 Å². The van der Waals surface area contributed by atoms with Crippen molar-refractivity contribution in [2.45, 2.75) is 31.5 Å². The van der Waals surface area contributed by atoms with Crippen LogP contribution >= 0.6 is 0 Å². The lowest BCUT2D eigenvalue weighted by atomic mass is 9.85. The molecule has 35 heavy (non-hydrogen) atoms. The summed E-state index contributed by atoms with van der Waals surface area (Å²) in [4.78, 5) is 32.3. The summed E-state index contributed by atoms with van der Waals surface area (Å²) in [5.41, 5.74) is 1.07. The Morgan fingerprint density at radius 3 is 2.11 bits per heavy atom. The van der Waals surface area contributed by atoms with Gasteiger partial charge < -0.3 is 24.2 Å². The molecular weight excluding hydrogens is 450 g/mol. The quantitative estimate of drug-likeness (QED) is 0.549. The van der Waals surface area contributed by atoms with Crippen molar-refractivity contribution in [2.75, 3.05) is 47.6 Å². The average molecular weight is 484 g/mol. The maximum absolute atomic E-state index is 13.6. The van der Waals surface area contributed by atoms with E-state index in [0.717, 1.165) is 11.1 Å². The second kappa shape index (κ2) is 10.5. The number of phenolic OH excluding ortho intramolecular Hbond substituents is 1. The molecule has 0 bridgehead atoms. The number of hydrogen-bond donors (Lipinski definition) is 1. The Balaban J connectivity index is 1.53. The minimum atomic E-state index is -0.860. The van der Waals surface area contributed by atoms with E-state index < -0.39 is 5.54 Å². The molecule has 0 unspecified atom stereocenters. The molecule has 0 atom stereocenters. The summed E-state index contributed by atoms with van der Waals surface area (Å²) < 4.78 is 15.7. The van der Waals surface area contributed by atoms with Crippen LogP contribution in [0.5, 0.6) is 17.2 Å².